The van der Waals surface area contributed by atoms with Crippen LogP contribution in [0.5, 0.6) is 0 Å². The zero-order chi connectivity index (χ0) is 12.8. The van der Waals surface area contributed by atoms with Crippen LogP contribution in [0.1, 0.15) is 12.5 Å². The molecule has 0 aliphatic rings. The molecule has 0 spiro atoms. The number of hydrogen-bond acceptors (Lipinski definition) is 4. The number of carbonyl (C=O) groups excluding carboxylic acids is 2. The Bertz CT molecular complexity index is 468. The van der Waals surface area contributed by atoms with Crippen LogP contribution in [0.3, 0.4) is 0 Å². The third kappa shape index (κ3) is 3.62. The molecule has 6 N–H and O–H groups in total. The van der Waals surface area contributed by atoms with E-state index in [1.54, 1.807) is 24.3 Å². The Kier molecular flexibility index (Phi) is 4.24. The Morgan fingerprint density at radius 1 is 1.29 bits per heavy atom. The average Bonchev–Trinajstić information content (AvgIpc) is 2.29. The van der Waals surface area contributed by atoms with Crippen molar-refractivity contribution in [1.29, 1.82) is 0 Å². The van der Waals surface area contributed by atoms with Gasteiger partial charge in [-0.3, -0.25) is 15.0 Å². The van der Waals surface area contributed by atoms with Crippen molar-refractivity contribution in [2.75, 3.05) is 5.73 Å². The van der Waals surface area contributed by atoms with Crippen molar-refractivity contribution in [2.45, 2.75) is 6.92 Å². The lowest BCUT2D eigenvalue weighted by Gasteiger charge is -2.07. The zero-order valence-corrected chi connectivity index (χ0v) is 9.36. The third-order valence-corrected chi connectivity index (χ3v) is 1.98. The van der Waals surface area contributed by atoms with Crippen LogP contribution in [0, 0.1) is 0 Å². The van der Waals surface area contributed by atoms with E-state index in [1.165, 1.54) is 13.0 Å². The number of hydrogen-bond donors (Lipinski definition) is 4. The largest absolute Gasteiger partial charge is 0.398 e. The minimum absolute atomic E-state index is 0.0397. The molecule has 0 saturated heterocycles. The molecular formula is C11H14N4O2. The molecule has 0 aliphatic carbocycles. The van der Waals surface area contributed by atoms with Gasteiger partial charge in [-0.25, -0.2) is 5.84 Å². The Balaban J connectivity index is 3.09. The summed E-state index contributed by atoms with van der Waals surface area (Å²) in [5.74, 6) is 4.06. The monoisotopic (exact) mass is 234 g/mol. The van der Waals surface area contributed by atoms with Gasteiger partial charge in [0.15, 0.2) is 0 Å². The Morgan fingerprint density at radius 2 is 1.94 bits per heavy atom. The first-order valence-electron chi connectivity index (χ1n) is 4.89. The Hall–Kier alpha value is -2.34. The van der Waals surface area contributed by atoms with Gasteiger partial charge in [-0.05, 0) is 17.7 Å². The zero-order valence-electron chi connectivity index (χ0n) is 9.36. The SMILES string of the molecule is CC(=O)N/C(=C\c1ccccc1N)C(=O)NN. The van der Waals surface area contributed by atoms with Crippen LogP contribution in [0.2, 0.25) is 0 Å². The van der Waals surface area contributed by atoms with Gasteiger partial charge in [0.25, 0.3) is 5.91 Å². The fourth-order valence-corrected chi connectivity index (χ4v) is 1.22. The van der Waals surface area contributed by atoms with E-state index in [4.69, 9.17) is 11.6 Å². The van der Waals surface area contributed by atoms with Gasteiger partial charge in [-0.1, -0.05) is 18.2 Å². The highest BCUT2D eigenvalue weighted by Gasteiger charge is 2.09. The highest BCUT2D eigenvalue weighted by Crippen LogP contribution is 2.13. The highest BCUT2D eigenvalue weighted by atomic mass is 16.2. The first kappa shape index (κ1) is 12.7. The van der Waals surface area contributed by atoms with Crippen molar-refractivity contribution < 1.29 is 9.59 Å². The lowest BCUT2D eigenvalue weighted by molar-refractivity contribution is -0.122. The second kappa shape index (κ2) is 5.66. The van der Waals surface area contributed by atoms with Crippen LogP contribution in [-0.4, -0.2) is 11.8 Å². The molecule has 0 heterocycles. The highest BCUT2D eigenvalue weighted by molar-refractivity contribution is 6.01. The van der Waals surface area contributed by atoms with Gasteiger partial charge in [0.1, 0.15) is 5.70 Å². The quantitative estimate of drug-likeness (QED) is 0.190. The molecule has 1 aromatic rings. The van der Waals surface area contributed by atoms with Gasteiger partial charge in [0.05, 0.1) is 0 Å². The van der Waals surface area contributed by atoms with E-state index in [0.717, 1.165) is 0 Å². The number of benzene rings is 1. The molecule has 1 rings (SSSR count). The van der Waals surface area contributed by atoms with Crippen molar-refractivity contribution in [3.63, 3.8) is 0 Å². The second-order valence-corrected chi connectivity index (χ2v) is 3.34. The maximum absolute atomic E-state index is 11.4. The molecule has 0 aromatic heterocycles. The van der Waals surface area contributed by atoms with Crippen molar-refractivity contribution in [3.8, 4) is 0 Å². The molecule has 0 atom stereocenters. The standard InChI is InChI=1S/C11H14N4O2/c1-7(16)14-10(11(17)15-13)6-8-4-2-3-5-9(8)12/h2-6H,12-13H2,1H3,(H,14,16)(H,15,17)/b10-6-. The van der Waals surface area contributed by atoms with E-state index in [1.807, 2.05) is 5.43 Å². The third-order valence-electron chi connectivity index (χ3n) is 1.98. The molecule has 0 aliphatic heterocycles. The van der Waals surface area contributed by atoms with Gasteiger partial charge >= 0.3 is 0 Å². The number of hydrazine groups is 1. The molecule has 0 fully saturated rings. The van der Waals surface area contributed by atoms with Gasteiger partial charge in [0, 0.05) is 12.6 Å². The molecule has 0 unspecified atom stereocenters. The summed E-state index contributed by atoms with van der Waals surface area (Å²) in [6.45, 7) is 1.30. The first-order chi connectivity index (χ1) is 8.04. The van der Waals surface area contributed by atoms with Crippen molar-refractivity contribution in [3.05, 3.63) is 35.5 Å². The number of para-hydroxylation sites is 1. The fourth-order valence-electron chi connectivity index (χ4n) is 1.22. The first-order valence-corrected chi connectivity index (χ1v) is 4.89. The van der Waals surface area contributed by atoms with Crippen LogP contribution in [0.4, 0.5) is 5.69 Å². The molecule has 17 heavy (non-hydrogen) atoms. The van der Waals surface area contributed by atoms with E-state index < -0.39 is 5.91 Å². The normalized spacial score (nSPS) is 10.8. The van der Waals surface area contributed by atoms with Gasteiger partial charge in [-0.15, -0.1) is 0 Å². The van der Waals surface area contributed by atoms with Crippen LogP contribution in [-0.2, 0) is 9.59 Å². The van der Waals surface area contributed by atoms with Crippen molar-refractivity contribution in [1.82, 2.24) is 10.7 Å². The van der Waals surface area contributed by atoms with Crippen LogP contribution in [0.15, 0.2) is 30.0 Å². The number of anilines is 1. The molecule has 0 radical (unpaired) electrons. The number of rotatable bonds is 3. The minimum atomic E-state index is -0.594. The van der Waals surface area contributed by atoms with Crippen LogP contribution >= 0.6 is 0 Å². The number of nitrogens with two attached hydrogens (primary N) is 2. The summed E-state index contributed by atoms with van der Waals surface area (Å²) in [5, 5.41) is 2.38. The molecular weight excluding hydrogens is 220 g/mol. The molecule has 6 heteroatoms. The minimum Gasteiger partial charge on any atom is -0.398 e. The van der Waals surface area contributed by atoms with Crippen molar-refractivity contribution >= 4 is 23.6 Å². The fraction of sp³-hybridized carbons (Fsp3) is 0.0909. The van der Waals surface area contributed by atoms with E-state index in [2.05, 4.69) is 5.32 Å². The number of amides is 2. The average molecular weight is 234 g/mol. The maximum Gasteiger partial charge on any atom is 0.281 e. The predicted octanol–water partition coefficient (Wildman–Crippen LogP) is -0.264. The molecule has 1 aromatic carbocycles. The molecule has 2 amide bonds. The summed E-state index contributed by atoms with van der Waals surface area (Å²) in [4.78, 5) is 22.3. The smallest absolute Gasteiger partial charge is 0.281 e. The molecule has 0 saturated carbocycles. The van der Waals surface area contributed by atoms with Crippen LogP contribution in [0.25, 0.3) is 6.08 Å². The van der Waals surface area contributed by atoms with Gasteiger partial charge in [0.2, 0.25) is 5.91 Å². The lowest BCUT2D eigenvalue weighted by atomic mass is 10.1. The Labute approximate surface area is 98.6 Å². The number of carbonyl (C=O) groups is 2. The van der Waals surface area contributed by atoms with E-state index in [0.29, 0.717) is 11.3 Å². The predicted molar refractivity (Wildman–Crippen MR) is 65.0 cm³/mol. The van der Waals surface area contributed by atoms with E-state index in [9.17, 15) is 9.59 Å². The summed E-state index contributed by atoms with van der Waals surface area (Å²) in [6, 6.07) is 6.96. The maximum atomic E-state index is 11.4. The van der Waals surface area contributed by atoms with Gasteiger partial charge < -0.3 is 11.1 Å². The number of nitrogens with one attached hydrogen (secondary N) is 2. The van der Waals surface area contributed by atoms with Crippen LogP contribution < -0.4 is 22.3 Å². The topological polar surface area (TPSA) is 110 Å². The summed E-state index contributed by atoms with van der Waals surface area (Å²) in [5.41, 5.74) is 8.83. The summed E-state index contributed by atoms with van der Waals surface area (Å²) < 4.78 is 0. The van der Waals surface area contributed by atoms with Crippen molar-refractivity contribution in [2.24, 2.45) is 5.84 Å². The van der Waals surface area contributed by atoms with E-state index in [-0.39, 0.29) is 11.6 Å². The summed E-state index contributed by atoms with van der Waals surface area (Å²) >= 11 is 0. The molecule has 0 bridgehead atoms. The Morgan fingerprint density at radius 3 is 2.47 bits per heavy atom. The van der Waals surface area contributed by atoms with Gasteiger partial charge in [-0.2, -0.15) is 0 Å². The lowest BCUT2D eigenvalue weighted by Crippen LogP contribution is -2.37. The second-order valence-electron chi connectivity index (χ2n) is 3.34. The number of nitrogen functional groups attached to an aromatic ring is 1. The van der Waals surface area contributed by atoms with E-state index >= 15 is 0 Å². The summed E-state index contributed by atoms with van der Waals surface area (Å²) in [6.07, 6.45) is 1.46. The molecule has 6 nitrogen and oxygen atoms in total. The molecule has 90 valence electrons. The summed E-state index contributed by atoms with van der Waals surface area (Å²) in [7, 11) is 0.